The zero-order valence-corrected chi connectivity index (χ0v) is 37.2. The molecule has 368 valence electrons. The maximum absolute atomic E-state index is 13.8. The Hall–Kier alpha value is -4.92. The fraction of sp³-hybridized carbons (Fsp3) is 0.588. The highest BCUT2D eigenvalue weighted by molar-refractivity contribution is 7.47. The molecule has 0 spiro atoms. The van der Waals surface area contributed by atoms with E-state index in [-0.39, 0.29) is 17.3 Å². The molecule has 0 saturated carbocycles. The molecule has 33 heteroatoms. The molecule has 7 rings (SSSR count). The van der Waals surface area contributed by atoms with E-state index in [2.05, 4.69) is 30.2 Å². The molecule has 7 heterocycles. The Labute approximate surface area is 376 Å². The van der Waals surface area contributed by atoms with Gasteiger partial charge in [0.25, 0.3) is 0 Å². The molecular weight excluding hydrogens is 942 g/mol. The van der Waals surface area contributed by atoms with Gasteiger partial charge in [0.05, 0.1) is 44.7 Å². The number of nitrogen functional groups attached to an aromatic ring is 2. The first-order chi connectivity index (χ1) is 31.6. The highest BCUT2D eigenvalue weighted by atomic mass is 31.2. The number of fused-ring (bicyclic) bond motifs is 1. The number of aliphatic hydroxyl groups excluding tert-OH is 5. The van der Waals surface area contributed by atoms with Gasteiger partial charge in [0.2, 0.25) is 5.91 Å². The number of anilines is 3. The van der Waals surface area contributed by atoms with Crippen LogP contribution in [0.4, 0.5) is 17.5 Å². The molecule has 3 aliphatic heterocycles. The van der Waals surface area contributed by atoms with E-state index in [1.807, 2.05) is 0 Å². The van der Waals surface area contributed by atoms with Gasteiger partial charge in [-0.1, -0.05) is 6.92 Å². The third-order valence-corrected chi connectivity index (χ3v) is 12.8. The first kappa shape index (κ1) is 50.0. The summed E-state index contributed by atoms with van der Waals surface area (Å²) in [6.45, 7) is -2.09. The number of aromatic nitrogens is 8. The van der Waals surface area contributed by atoms with Gasteiger partial charge in [-0.2, -0.15) is 9.97 Å². The van der Waals surface area contributed by atoms with Crippen LogP contribution in [-0.2, 0) is 46.2 Å². The second-order valence-corrected chi connectivity index (χ2v) is 18.4. The molecule has 4 aromatic heterocycles. The molecule has 3 aliphatic rings. The third-order valence-electron chi connectivity index (χ3n) is 10.8. The van der Waals surface area contributed by atoms with Crippen LogP contribution >= 0.6 is 15.6 Å². The van der Waals surface area contributed by atoms with E-state index >= 15 is 0 Å². The Balaban J connectivity index is 1.09. The standard InChI is InChI=1S/C34H48N12O19P2/c1-14(8-47)29(52)42-20-16(62-30(22(20)49)46-13-39-21-27(43(2)3)37-12-38-28(21)46)10-59-66(55,56)65-26-17(63-32(24(26)51)45-7-5-19(36)41-34(45)54)11-60-67(57,58)64-25-15(9-48)61-31(23(25)50)44-6-4-18(35)40-33(44)53/h4-7,12-17,20,22-26,30-32,47-51H,8-11H2,1-3H3,(H,42,52)(H,55,56)(H,57,58)(H2,35,40,53)(H2,36,41,54)/t14-,15-,16-,17-,20-,22-,23-,24-,25-,26-,30-,31-,32-/m1/s1. The second-order valence-electron chi connectivity index (χ2n) is 15.6. The monoisotopic (exact) mass is 990 g/mol. The minimum Gasteiger partial charge on any atom is -0.396 e. The quantitative estimate of drug-likeness (QED) is 0.0420. The summed E-state index contributed by atoms with van der Waals surface area (Å²) < 4.78 is 68.3. The van der Waals surface area contributed by atoms with Crippen molar-refractivity contribution < 1.29 is 81.5 Å². The van der Waals surface area contributed by atoms with Crippen molar-refractivity contribution in [1.29, 1.82) is 0 Å². The number of hydrogen-bond donors (Lipinski definition) is 10. The van der Waals surface area contributed by atoms with E-state index in [4.69, 9.17) is 43.8 Å². The van der Waals surface area contributed by atoms with Crippen LogP contribution in [0.1, 0.15) is 25.6 Å². The molecular formula is C34H48N12O19P2. The van der Waals surface area contributed by atoms with Gasteiger partial charge < -0.3 is 71.2 Å². The van der Waals surface area contributed by atoms with Crippen LogP contribution in [-0.4, -0.2) is 175 Å². The summed E-state index contributed by atoms with van der Waals surface area (Å²) in [4.78, 5) is 81.7. The average Bonchev–Trinajstić information content (AvgIpc) is 4.01. The van der Waals surface area contributed by atoms with Crippen molar-refractivity contribution in [3.8, 4) is 0 Å². The number of rotatable bonds is 18. The Bertz CT molecular complexity index is 2640. The lowest BCUT2D eigenvalue weighted by atomic mass is 10.1. The molecule has 0 bridgehead atoms. The Morgan fingerprint density at radius 3 is 1.84 bits per heavy atom. The smallest absolute Gasteiger partial charge is 0.396 e. The zero-order valence-electron chi connectivity index (χ0n) is 35.4. The fourth-order valence-electron chi connectivity index (χ4n) is 7.42. The summed E-state index contributed by atoms with van der Waals surface area (Å²) in [5, 5.41) is 56.1. The zero-order chi connectivity index (χ0) is 48.7. The lowest BCUT2D eigenvalue weighted by Gasteiger charge is -2.26. The van der Waals surface area contributed by atoms with E-state index in [1.165, 1.54) is 30.2 Å². The molecule has 3 saturated heterocycles. The van der Waals surface area contributed by atoms with Crippen molar-refractivity contribution in [2.45, 2.75) is 80.5 Å². The number of ether oxygens (including phenoxy) is 3. The van der Waals surface area contributed by atoms with Crippen molar-refractivity contribution in [3.63, 3.8) is 0 Å². The van der Waals surface area contributed by atoms with Gasteiger partial charge in [0.1, 0.15) is 66.8 Å². The van der Waals surface area contributed by atoms with E-state index in [0.717, 1.165) is 27.6 Å². The number of aliphatic hydroxyl groups is 5. The Morgan fingerprint density at radius 1 is 0.806 bits per heavy atom. The lowest BCUT2D eigenvalue weighted by molar-refractivity contribution is -0.127. The Kier molecular flexibility index (Phi) is 14.9. The average molecular weight is 991 g/mol. The molecule has 12 N–H and O–H groups in total. The topological polar surface area (TPSA) is 438 Å². The molecule has 0 radical (unpaired) electrons. The SMILES string of the molecule is C[C@H](CO)C(=O)N[C@H]1[C@@H](O)[C@H](n2cnc3c(N(C)C)ncnc32)O[C@@H]1COP(=O)(O)O[C@H]1[C@@H](O)[C@H](n2ccc(N)nc2=O)O[C@@H]1COP(=O)(O)O[C@H]1[C@@H](O)[C@H](n2ccc(N)nc2=O)O[C@@H]1CO. The largest absolute Gasteiger partial charge is 0.472 e. The lowest BCUT2D eigenvalue weighted by Crippen LogP contribution is -2.50. The van der Waals surface area contributed by atoms with Crippen molar-refractivity contribution in [1.82, 2.24) is 43.9 Å². The third kappa shape index (κ3) is 10.6. The number of imidazole rings is 1. The van der Waals surface area contributed by atoms with E-state index in [0.29, 0.717) is 11.3 Å². The number of phosphoric acid groups is 2. The molecule has 1 amide bonds. The van der Waals surface area contributed by atoms with Gasteiger partial charge in [-0.05, 0) is 12.1 Å². The summed E-state index contributed by atoms with van der Waals surface area (Å²) in [5.41, 5.74) is 9.61. The normalized spacial score (nSPS) is 30.8. The van der Waals surface area contributed by atoms with Crippen LogP contribution in [0.3, 0.4) is 0 Å². The molecule has 0 aliphatic carbocycles. The predicted octanol–water partition coefficient (Wildman–Crippen LogP) is -4.54. The van der Waals surface area contributed by atoms with Crippen LogP contribution in [0.15, 0.2) is 46.8 Å². The summed E-state index contributed by atoms with van der Waals surface area (Å²) >= 11 is 0. The van der Waals surface area contributed by atoms with E-state index < -0.39 is 139 Å². The van der Waals surface area contributed by atoms with Gasteiger partial charge in [-0.25, -0.2) is 33.7 Å². The van der Waals surface area contributed by atoms with E-state index in [1.54, 1.807) is 19.0 Å². The summed E-state index contributed by atoms with van der Waals surface area (Å²) in [6, 6.07) is 0.983. The van der Waals surface area contributed by atoms with Crippen molar-refractivity contribution in [2.75, 3.05) is 56.9 Å². The van der Waals surface area contributed by atoms with Crippen LogP contribution in [0.25, 0.3) is 11.2 Å². The number of nitrogens with two attached hydrogens (primary N) is 2. The highest BCUT2D eigenvalue weighted by Gasteiger charge is 2.53. The number of nitrogens with one attached hydrogen (secondary N) is 1. The highest BCUT2D eigenvalue weighted by Crippen LogP contribution is 2.52. The van der Waals surface area contributed by atoms with Gasteiger partial charge in [0, 0.05) is 26.5 Å². The van der Waals surface area contributed by atoms with Gasteiger partial charge >= 0.3 is 27.0 Å². The van der Waals surface area contributed by atoms with E-state index in [9.17, 15) is 58.8 Å². The molecule has 3 fully saturated rings. The maximum atomic E-state index is 13.8. The Morgan fingerprint density at radius 2 is 1.31 bits per heavy atom. The number of hydrogen-bond acceptors (Lipinski definition) is 25. The minimum atomic E-state index is -5.46. The van der Waals surface area contributed by atoms with Gasteiger partial charge in [-0.3, -0.25) is 36.6 Å². The van der Waals surface area contributed by atoms with Crippen LogP contribution in [0.5, 0.6) is 0 Å². The second kappa shape index (κ2) is 20.0. The number of phosphoric ester groups is 2. The molecule has 67 heavy (non-hydrogen) atoms. The number of nitrogens with zero attached hydrogens (tertiary/aromatic N) is 9. The first-order valence-corrected chi connectivity index (χ1v) is 23.0. The molecule has 2 unspecified atom stereocenters. The maximum Gasteiger partial charge on any atom is 0.472 e. The first-order valence-electron chi connectivity index (χ1n) is 20.0. The minimum absolute atomic E-state index is 0.158. The summed E-state index contributed by atoms with van der Waals surface area (Å²) in [5.74, 6) is -1.65. The van der Waals surface area contributed by atoms with Crippen LogP contribution < -0.4 is 33.1 Å². The summed E-state index contributed by atoms with van der Waals surface area (Å²) in [7, 11) is -7.42. The molecule has 0 aromatic carbocycles. The van der Waals surface area contributed by atoms with Gasteiger partial charge in [0.15, 0.2) is 35.7 Å². The number of amides is 1. The fourth-order valence-corrected chi connectivity index (χ4v) is 9.35. The van der Waals surface area contributed by atoms with Crippen molar-refractivity contribution >= 4 is 50.2 Å². The number of carbonyl (C=O) groups excluding carboxylic acids is 1. The van der Waals surface area contributed by atoms with Crippen molar-refractivity contribution in [3.05, 3.63) is 58.1 Å². The van der Waals surface area contributed by atoms with Gasteiger partial charge in [-0.15, -0.1) is 0 Å². The van der Waals surface area contributed by atoms with Crippen molar-refractivity contribution in [2.24, 2.45) is 5.92 Å². The van der Waals surface area contributed by atoms with Crippen LogP contribution in [0, 0.1) is 5.92 Å². The molecule has 4 aromatic rings. The van der Waals surface area contributed by atoms with Crippen LogP contribution in [0.2, 0.25) is 0 Å². The number of carbonyl (C=O) groups is 1. The predicted molar refractivity (Wildman–Crippen MR) is 222 cm³/mol. The molecule has 31 nitrogen and oxygen atoms in total. The molecule has 15 atom stereocenters. The summed E-state index contributed by atoms with van der Waals surface area (Å²) in [6.07, 6.45) is -14.2.